The number of carbonyl (C=O) groups excluding carboxylic acids is 1. The molecule has 4 rings (SSSR count). The van der Waals surface area contributed by atoms with Gasteiger partial charge in [0.05, 0.1) is 11.4 Å². The maximum absolute atomic E-state index is 12.4. The summed E-state index contributed by atoms with van der Waals surface area (Å²) in [5.74, 6) is -0.00912. The zero-order valence-electron chi connectivity index (χ0n) is 16.5. The van der Waals surface area contributed by atoms with Crippen molar-refractivity contribution >= 4 is 29.1 Å². The highest BCUT2D eigenvalue weighted by Crippen LogP contribution is 2.36. The van der Waals surface area contributed by atoms with Crippen LogP contribution in [-0.2, 0) is 0 Å². The fourth-order valence-corrected chi connectivity index (χ4v) is 3.89. The maximum atomic E-state index is 12.4. The van der Waals surface area contributed by atoms with E-state index in [-0.39, 0.29) is 5.69 Å². The number of rotatable bonds is 4. The van der Waals surface area contributed by atoms with E-state index < -0.39 is 5.91 Å². The quantitative estimate of drug-likeness (QED) is 0.412. The molecule has 0 saturated heterocycles. The van der Waals surface area contributed by atoms with E-state index in [1.807, 2.05) is 73.0 Å². The second kappa shape index (κ2) is 7.98. The highest BCUT2D eigenvalue weighted by Gasteiger charge is 2.25. The smallest absolute Gasteiger partial charge is 0.269 e. The van der Waals surface area contributed by atoms with E-state index >= 15 is 0 Å². The predicted molar refractivity (Wildman–Crippen MR) is 122 cm³/mol. The van der Waals surface area contributed by atoms with Gasteiger partial charge in [-0.3, -0.25) is 9.36 Å². The summed E-state index contributed by atoms with van der Waals surface area (Å²) in [5, 5.41) is 1.13. The standard InChI is InChI=1S/C24H19Cl2N3O/c1-14-5-3-7-17(11-14)24-28-21(23(27)30)22(16-6-4-8-18(25)12-16)29(24)20-13-19(26)10-9-15(20)2/h3-13H,1-2H3,(H2,27,30). The Balaban J connectivity index is 2.15. The van der Waals surface area contributed by atoms with Crippen LogP contribution >= 0.6 is 23.2 Å². The number of hydrogen-bond donors (Lipinski definition) is 1. The number of primary amides is 1. The summed E-state index contributed by atoms with van der Waals surface area (Å²) in [6, 6.07) is 20.8. The van der Waals surface area contributed by atoms with Gasteiger partial charge < -0.3 is 5.73 Å². The Morgan fingerprint density at radius 3 is 2.30 bits per heavy atom. The SMILES string of the molecule is Cc1cccc(-c2nc(C(N)=O)c(-c3cccc(Cl)c3)n2-c2cc(Cl)ccc2C)c1. The topological polar surface area (TPSA) is 60.9 Å². The van der Waals surface area contributed by atoms with Crippen molar-refractivity contribution in [1.29, 1.82) is 0 Å². The van der Waals surface area contributed by atoms with Crippen LogP contribution in [0.5, 0.6) is 0 Å². The third-order valence-corrected chi connectivity index (χ3v) is 5.37. The monoisotopic (exact) mass is 435 g/mol. The summed E-state index contributed by atoms with van der Waals surface area (Å²) in [6.45, 7) is 3.99. The van der Waals surface area contributed by atoms with Gasteiger partial charge in [-0.15, -0.1) is 0 Å². The molecule has 0 spiro atoms. The molecule has 0 saturated carbocycles. The molecular weight excluding hydrogens is 417 g/mol. The molecule has 30 heavy (non-hydrogen) atoms. The molecule has 0 aliphatic rings. The van der Waals surface area contributed by atoms with Crippen molar-refractivity contribution < 1.29 is 4.79 Å². The van der Waals surface area contributed by atoms with Gasteiger partial charge in [0.2, 0.25) is 0 Å². The number of nitrogens with zero attached hydrogens (tertiary/aromatic N) is 2. The Morgan fingerprint density at radius 1 is 0.900 bits per heavy atom. The molecule has 4 aromatic rings. The van der Waals surface area contributed by atoms with Gasteiger partial charge in [-0.1, -0.05) is 65.2 Å². The van der Waals surface area contributed by atoms with Gasteiger partial charge in [0, 0.05) is 21.2 Å². The number of nitrogens with two attached hydrogens (primary N) is 1. The minimum Gasteiger partial charge on any atom is -0.364 e. The van der Waals surface area contributed by atoms with Crippen LogP contribution in [0.1, 0.15) is 21.6 Å². The lowest BCUT2D eigenvalue weighted by molar-refractivity contribution is 0.0996. The first-order chi connectivity index (χ1) is 14.3. The molecule has 1 heterocycles. The van der Waals surface area contributed by atoms with Crippen molar-refractivity contribution in [3.05, 3.63) is 93.6 Å². The summed E-state index contributed by atoms with van der Waals surface area (Å²) < 4.78 is 1.93. The molecular formula is C24H19Cl2N3O. The Bertz CT molecular complexity index is 1280. The highest BCUT2D eigenvalue weighted by atomic mass is 35.5. The molecule has 150 valence electrons. The van der Waals surface area contributed by atoms with E-state index in [9.17, 15) is 4.79 Å². The van der Waals surface area contributed by atoms with E-state index in [1.54, 1.807) is 12.1 Å². The van der Waals surface area contributed by atoms with Gasteiger partial charge in [0.15, 0.2) is 5.69 Å². The summed E-state index contributed by atoms with van der Waals surface area (Å²) in [7, 11) is 0. The third-order valence-electron chi connectivity index (χ3n) is 4.90. The lowest BCUT2D eigenvalue weighted by atomic mass is 10.1. The molecule has 3 aromatic carbocycles. The van der Waals surface area contributed by atoms with Crippen molar-refractivity contribution in [1.82, 2.24) is 9.55 Å². The van der Waals surface area contributed by atoms with E-state index in [0.717, 1.165) is 27.9 Å². The molecule has 0 fully saturated rings. The number of benzene rings is 3. The number of hydrogen-bond acceptors (Lipinski definition) is 2. The number of aromatic nitrogens is 2. The number of aryl methyl sites for hydroxylation is 2. The third kappa shape index (κ3) is 3.72. The lowest BCUT2D eigenvalue weighted by Gasteiger charge is -2.16. The Hall–Kier alpha value is -3.08. The molecule has 0 bridgehead atoms. The number of halogens is 2. The average molecular weight is 436 g/mol. The molecule has 0 aliphatic heterocycles. The van der Waals surface area contributed by atoms with Crippen LogP contribution in [0.2, 0.25) is 10.0 Å². The van der Waals surface area contributed by atoms with Crippen LogP contribution < -0.4 is 5.73 Å². The first-order valence-electron chi connectivity index (χ1n) is 9.37. The first-order valence-corrected chi connectivity index (χ1v) is 10.1. The van der Waals surface area contributed by atoms with Crippen LogP contribution in [0.25, 0.3) is 28.3 Å². The fraction of sp³-hybridized carbons (Fsp3) is 0.0833. The molecule has 1 amide bonds. The predicted octanol–water partition coefficient (Wildman–Crippen LogP) is 6.23. The first kappa shape index (κ1) is 20.2. The number of carbonyl (C=O) groups is 1. The number of imidazole rings is 1. The van der Waals surface area contributed by atoms with Crippen molar-refractivity contribution in [2.75, 3.05) is 0 Å². The normalized spacial score (nSPS) is 10.9. The molecule has 4 nitrogen and oxygen atoms in total. The van der Waals surface area contributed by atoms with Gasteiger partial charge in [-0.2, -0.15) is 0 Å². The molecule has 2 N–H and O–H groups in total. The van der Waals surface area contributed by atoms with Crippen LogP contribution in [-0.4, -0.2) is 15.5 Å². The Kier molecular flexibility index (Phi) is 5.37. The zero-order valence-corrected chi connectivity index (χ0v) is 18.0. The van der Waals surface area contributed by atoms with Crippen molar-refractivity contribution in [3.63, 3.8) is 0 Å². The van der Waals surface area contributed by atoms with Gasteiger partial charge in [-0.25, -0.2) is 4.98 Å². The minimum atomic E-state index is -0.614. The molecule has 0 aliphatic carbocycles. The summed E-state index contributed by atoms with van der Waals surface area (Å²) >= 11 is 12.6. The van der Waals surface area contributed by atoms with Gasteiger partial charge in [-0.05, 0) is 49.7 Å². The van der Waals surface area contributed by atoms with Crippen molar-refractivity contribution in [3.8, 4) is 28.3 Å². The molecule has 6 heteroatoms. The number of amides is 1. The zero-order chi connectivity index (χ0) is 21.4. The molecule has 1 aromatic heterocycles. The Labute approximate surface area is 184 Å². The second-order valence-electron chi connectivity index (χ2n) is 7.14. The van der Waals surface area contributed by atoms with Crippen LogP contribution in [0.15, 0.2) is 66.7 Å². The highest BCUT2D eigenvalue weighted by molar-refractivity contribution is 6.31. The van der Waals surface area contributed by atoms with E-state index in [1.165, 1.54) is 0 Å². The van der Waals surface area contributed by atoms with Crippen molar-refractivity contribution in [2.24, 2.45) is 5.73 Å². The lowest BCUT2D eigenvalue weighted by Crippen LogP contribution is -2.13. The fourth-order valence-electron chi connectivity index (χ4n) is 3.53. The largest absolute Gasteiger partial charge is 0.364 e. The second-order valence-corrected chi connectivity index (χ2v) is 8.02. The molecule has 0 unspecified atom stereocenters. The molecule has 0 radical (unpaired) electrons. The minimum absolute atomic E-state index is 0.174. The summed E-state index contributed by atoms with van der Waals surface area (Å²) in [4.78, 5) is 17.1. The van der Waals surface area contributed by atoms with E-state index in [2.05, 4.69) is 4.98 Å². The average Bonchev–Trinajstić information content (AvgIpc) is 3.10. The van der Waals surface area contributed by atoms with Gasteiger partial charge >= 0.3 is 0 Å². The Morgan fingerprint density at radius 2 is 1.60 bits per heavy atom. The van der Waals surface area contributed by atoms with Crippen LogP contribution in [0, 0.1) is 13.8 Å². The van der Waals surface area contributed by atoms with Crippen LogP contribution in [0.4, 0.5) is 0 Å². The van der Waals surface area contributed by atoms with Gasteiger partial charge in [0.1, 0.15) is 5.82 Å². The molecule has 0 atom stereocenters. The van der Waals surface area contributed by atoms with E-state index in [4.69, 9.17) is 28.9 Å². The van der Waals surface area contributed by atoms with Gasteiger partial charge in [0.25, 0.3) is 5.91 Å². The summed E-state index contributed by atoms with van der Waals surface area (Å²) in [5.41, 5.74) is 11.0. The van der Waals surface area contributed by atoms with E-state index in [0.29, 0.717) is 21.6 Å². The van der Waals surface area contributed by atoms with Crippen molar-refractivity contribution in [2.45, 2.75) is 13.8 Å². The van der Waals surface area contributed by atoms with Crippen LogP contribution in [0.3, 0.4) is 0 Å². The maximum Gasteiger partial charge on any atom is 0.269 e. The summed E-state index contributed by atoms with van der Waals surface area (Å²) in [6.07, 6.45) is 0.